The van der Waals surface area contributed by atoms with Crippen LogP contribution in [0, 0.1) is 0 Å². The summed E-state index contributed by atoms with van der Waals surface area (Å²) in [5.41, 5.74) is 1.83. The lowest BCUT2D eigenvalue weighted by atomic mass is 10.1. The largest absolute Gasteiger partial charge is 0.444 e. The average molecular weight is 390 g/mol. The van der Waals surface area contributed by atoms with Crippen molar-refractivity contribution < 1.29 is 14.3 Å². The number of amides is 1. The molecule has 2 aromatic carbocycles. The van der Waals surface area contributed by atoms with E-state index in [0.717, 1.165) is 24.9 Å². The van der Waals surface area contributed by atoms with Gasteiger partial charge in [0.05, 0.1) is 11.3 Å². The molecule has 7 heteroatoms. The Morgan fingerprint density at radius 2 is 1.66 bits per heavy atom. The number of esters is 1. The van der Waals surface area contributed by atoms with E-state index in [1.165, 1.54) is 6.33 Å². The van der Waals surface area contributed by atoms with Gasteiger partial charge in [0, 0.05) is 18.7 Å². The number of hydrogen-bond donors (Lipinski definition) is 0. The van der Waals surface area contributed by atoms with Crippen molar-refractivity contribution in [3.63, 3.8) is 0 Å². The van der Waals surface area contributed by atoms with Crippen LogP contribution in [0.15, 0.2) is 67.3 Å². The SMILES string of the molecule is O=C(O[C@@H](C(=O)N1CCCCC1)c1ccccc1)c1ccc(-n2cncn2)cc1. The van der Waals surface area contributed by atoms with Crippen LogP contribution in [0.4, 0.5) is 0 Å². The normalized spacial score (nSPS) is 15.0. The Morgan fingerprint density at radius 1 is 0.931 bits per heavy atom. The summed E-state index contributed by atoms with van der Waals surface area (Å²) in [5, 5.41) is 4.06. The first-order valence-electron chi connectivity index (χ1n) is 9.72. The Morgan fingerprint density at radius 3 is 2.31 bits per heavy atom. The number of likely N-dealkylation sites (tertiary alicyclic amines) is 1. The van der Waals surface area contributed by atoms with Crippen molar-refractivity contribution in [1.82, 2.24) is 19.7 Å². The van der Waals surface area contributed by atoms with Gasteiger partial charge >= 0.3 is 5.97 Å². The first kappa shape index (κ1) is 18.9. The maximum absolute atomic E-state index is 13.1. The third-order valence-electron chi connectivity index (χ3n) is 5.01. The molecule has 0 aliphatic carbocycles. The van der Waals surface area contributed by atoms with E-state index in [-0.39, 0.29) is 5.91 Å². The molecule has 0 radical (unpaired) electrons. The van der Waals surface area contributed by atoms with E-state index in [1.54, 1.807) is 40.2 Å². The summed E-state index contributed by atoms with van der Waals surface area (Å²) in [6, 6.07) is 16.0. The molecule has 1 aromatic heterocycles. The smallest absolute Gasteiger partial charge is 0.339 e. The molecular weight excluding hydrogens is 368 g/mol. The summed E-state index contributed by atoms with van der Waals surface area (Å²) in [7, 11) is 0. The van der Waals surface area contributed by atoms with E-state index < -0.39 is 12.1 Å². The van der Waals surface area contributed by atoms with Crippen LogP contribution in [0.1, 0.15) is 41.3 Å². The number of carbonyl (C=O) groups excluding carboxylic acids is 2. The molecule has 1 aliphatic rings. The van der Waals surface area contributed by atoms with Crippen molar-refractivity contribution in [3.8, 4) is 5.69 Å². The highest BCUT2D eigenvalue weighted by Crippen LogP contribution is 2.24. The highest BCUT2D eigenvalue weighted by Gasteiger charge is 2.30. The van der Waals surface area contributed by atoms with Crippen LogP contribution in [-0.4, -0.2) is 44.6 Å². The standard InChI is InChI=1S/C22H22N4O3/c27-21(25-13-5-2-6-14-25)20(17-7-3-1-4-8-17)29-22(28)18-9-11-19(12-10-18)26-16-23-15-24-26/h1,3-4,7-12,15-16,20H,2,5-6,13-14H2/t20-/m1/s1. The molecule has 3 aromatic rings. The minimum Gasteiger partial charge on any atom is -0.444 e. The number of piperidine rings is 1. The average Bonchev–Trinajstić information content (AvgIpc) is 3.33. The van der Waals surface area contributed by atoms with Gasteiger partial charge in [-0.05, 0) is 43.5 Å². The van der Waals surface area contributed by atoms with Gasteiger partial charge in [0.1, 0.15) is 12.7 Å². The van der Waals surface area contributed by atoms with Crippen molar-refractivity contribution in [2.45, 2.75) is 25.4 Å². The van der Waals surface area contributed by atoms with Crippen molar-refractivity contribution in [3.05, 3.63) is 78.4 Å². The molecule has 0 N–H and O–H groups in total. The van der Waals surface area contributed by atoms with Gasteiger partial charge in [-0.2, -0.15) is 5.10 Å². The van der Waals surface area contributed by atoms with Gasteiger partial charge in [-0.3, -0.25) is 4.79 Å². The van der Waals surface area contributed by atoms with Gasteiger partial charge in [-0.1, -0.05) is 30.3 Å². The quantitative estimate of drug-likeness (QED) is 0.626. The van der Waals surface area contributed by atoms with Gasteiger partial charge < -0.3 is 9.64 Å². The van der Waals surface area contributed by atoms with Crippen LogP contribution in [0.2, 0.25) is 0 Å². The third-order valence-corrected chi connectivity index (χ3v) is 5.01. The van der Waals surface area contributed by atoms with Gasteiger partial charge in [-0.25, -0.2) is 14.5 Å². The molecule has 29 heavy (non-hydrogen) atoms. The van der Waals surface area contributed by atoms with Crippen LogP contribution in [0.5, 0.6) is 0 Å². The summed E-state index contributed by atoms with van der Waals surface area (Å²) < 4.78 is 7.30. The summed E-state index contributed by atoms with van der Waals surface area (Å²) in [6.07, 6.45) is 5.15. The minimum atomic E-state index is -0.947. The number of rotatable bonds is 5. The number of nitrogens with zero attached hydrogens (tertiary/aromatic N) is 4. The van der Waals surface area contributed by atoms with Crippen LogP contribution >= 0.6 is 0 Å². The lowest BCUT2D eigenvalue weighted by Crippen LogP contribution is -2.40. The lowest BCUT2D eigenvalue weighted by molar-refractivity contribution is -0.142. The molecule has 0 unspecified atom stereocenters. The van der Waals surface area contributed by atoms with Gasteiger partial charge in [0.15, 0.2) is 0 Å². The van der Waals surface area contributed by atoms with E-state index in [0.29, 0.717) is 24.2 Å². The first-order valence-corrected chi connectivity index (χ1v) is 9.72. The Labute approximate surface area is 168 Å². The van der Waals surface area contributed by atoms with Gasteiger partial charge in [0.2, 0.25) is 6.10 Å². The number of aromatic nitrogens is 3. The predicted molar refractivity (Wildman–Crippen MR) is 106 cm³/mol. The molecule has 0 spiro atoms. The molecule has 1 amide bonds. The highest BCUT2D eigenvalue weighted by molar-refractivity contribution is 5.93. The van der Waals surface area contributed by atoms with Crippen molar-refractivity contribution >= 4 is 11.9 Å². The topological polar surface area (TPSA) is 77.3 Å². The first-order chi connectivity index (χ1) is 14.2. The fourth-order valence-electron chi connectivity index (χ4n) is 3.44. The van der Waals surface area contributed by atoms with Crippen molar-refractivity contribution in [2.75, 3.05) is 13.1 Å². The summed E-state index contributed by atoms with van der Waals surface area (Å²) in [6.45, 7) is 1.40. The van der Waals surface area contributed by atoms with E-state index in [1.807, 2.05) is 30.3 Å². The summed E-state index contributed by atoms with van der Waals surface area (Å²) in [4.78, 5) is 31.6. The molecule has 2 heterocycles. The van der Waals surface area contributed by atoms with Gasteiger partial charge in [0.25, 0.3) is 5.91 Å². The fraction of sp³-hybridized carbons (Fsp3) is 0.273. The number of benzene rings is 2. The van der Waals surface area contributed by atoms with Crippen LogP contribution in [0.25, 0.3) is 5.69 Å². The van der Waals surface area contributed by atoms with Gasteiger partial charge in [-0.15, -0.1) is 0 Å². The minimum absolute atomic E-state index is 0.163. The second-order valence-electron chi connectivity index (χ2n) is 6.97. The number of hydrogen-bond acceptors (Lipinski definition) is 5. The van der Waals surface area contributed by atoms with Crippen molar-refractivity contribution in [2.24, 2.45) is 0 Å². The van der Waals surface area contributed by atoms with E-state index in [2.05, 4.69) is 10.1 Å². The van der Waals surface area contributed by atoms with E-state index in [9.17, 15) is 9.59 Å². The lowest BCUT2D eigenvalue weighted by Gasteiger charge is -2.30. The fourth-order valence-corrected chi connectivity index (χ4v) is 3.44. The predicted octanol–water partition coefficient (Wildman–Crippen LogP) is 3.18. The molecular formula is C22H22N4O3. The molecule has 4 rings (SSSR count). The van der Waals surface area contributed by atoms with Crippen molar-refractivity contribution in [1.29, 1.82) is 0 Å². The summed E-state index contributed by atoms with van der Waals surface area (Å²) in [5.74, 6) is -0.696. The molecule has 148 valence electrons. The second-order valence-corrected chi connectivity index (χ2v) is 6.97. The van der Waals surface area contributed by atoms with Crippen LogP contribution in [0.3, 0.4) is 0 Å². The van der Waals surface area contributed by atoms with E-state index in [4.69, 9.17) is 4.74 Å². The molecule has 0 bridgehead atoms. The highest BCUT2D eigenvalue weighted by atomic mass is 16.5. The molecule has 1 fully saturated rings. The maximum Gasteiger partial charge on any atom is 0.339 e. The van der Waals surface area contributed by atoms with Crippen LogP contribution < -0.4 is 0 Å². The number of ether oxygens (including phenoxy) is 1. The Bertz CT molecular complexity index is 949. The second kappa shape index (κ2) is 8.68. The zero-order valence-corrected chi connectivity index (χ0v) is 16.0. The third kappa shape index (κ3) is 4.34. The van der Waals surface area contributed by atoms with E-state index >= 15 is 0 Å². The monoisotopic (exact) mass is 390 g/mol. The molecule has 1 saturated heterocycles. The Kier molecular flexibility index (Phi) is 5.65. The molecule has 1 aliphatic heterocycles. The molecule has 1 atom stereocenters. The molecule has 7 nitrogen and oxygen atoms in total. The number of carbonyl (C=O) groups is 2. The molecule has 0 saturated carbocycles. The Balaban J connectivity index is 1.53. The zero-order valence-electron chi connectivity index (χ0n) is 16.0. The Hall–Kier alpha value is -3.48. The zero-order chi connectivity index (χ0) is 20.1. The maximum atomic E-state index is 13.1. The van der Waals surface area contributed by atoms with Crippen LogP contribution in [-0.2, 0) is 9.53 Å². The summed E-state index contributed by atoms with van der Waals surface area (Å²) >= 11 is 0.